The number of aromatic nitrogens is 2. The van der Waals surface area contributed by atoms with Crippen LogP contribution < -0.4 is 10.6 Å². The molecule has 0 aliphatic heterocycles. The van der Waals surface area contributed by atoms with Crippen molar-refractivity contribution < 1.29 is 0 Å². The highest BCUT2D eigenvalue weighted by Crippen LogP contribution is 2.22. The number of likely N-dealkylation sites (N-methyl/N-ethyl adjacent to an activating group) is 1. The third kappa shape index (κ3) is 2.64. The second kappa shape index (κ2) is 5.58. The highest BCUT2D eigenvalue weighted by molar-refractivity contribution is 5.67. The van der Waals surface area contributed by atoms with E-state index in [1.165, 1.54) is 0 Å². The molecule has 4 nitrogen and oxygen atoms in total. The lowest BCUT2D eigenvalue weighted by atomic mass is 10.2. The van der Waals surface area contributed by atoms with Crippen molar-refractivity contribution in [1.82, 2.24) is 9.55 Å². The van der Waals surface area contributed by atoms with Crippen molar-refractivity contribution in [1.29, 1.82) is 0 Å². The van der Waals surface area contributed by atoms with E-state index in [4.69, 9.17) is 5.73 Å². The number of imidazole rings is 1. The molecule has 0 fully saturated rings. The van der Waals surface area contributed by atoms with Gasteiger partial charge in [0.05, 0.1) is 11.4 Å². The second-order valence-corrected chi connectivity index (χ2v) is 4.34. The fourth-order valence-electron chi connectivity index (χ4n) is 2.10. The van der Waals surface area contributed by atoms with Crippen LogP contribution in [0.5, 0.6) is 0 Å². The van der Waals surface area contributed by atoms with Gasteiger partial charge >= 0.3 is 0 Å². The van der Waals surface area contributed by atoms with Gasteiger partial charge in [0.1, 0.15) is 5.82 Å². The highest BCUT2D eigenvalue weighted by atomic mass is 15.1. The maximum absolute atomic E-state index is 6.01. The highest BCUT2D eigenvalue weighted by Gasteiger charge is 2.08. The topological polar surface area (TPSA) is 47.1 Å². The molecule has 1 aromatic heterocycles. The minimum Gasteiger partial charge on any atom is -0.397 e. The molecule has 1 heterocycles. The smallest absolute Gasteiger partial charge is 0.110 e. The summed E-state index contributed by atoms with van der Waals surface area (Å²) in [6.45, 7) is 4.01. The number of rotatable bonds is 5. The molecular formula is C14H20N4. The zero-order valence-electron chi connectivity index (χ0n) is 11.0. The Morgan fingerprint density at radius 2 is 2.11 bits per heavy atom. The average Bonchev–Trinajstić information content (AvgIpc) is 2.78. The lowest BCUT2D eigenvalue weighted by Gasteiger charge is -2.24. The Morgan fingerprint density at radius 1 is 1.33 bits per heavy atom. The Labute approximate surface area is 108 Å². The van der Waals surface area contributed by atoms with Crippen LogP contribution in [0.25, 0.3) is 0 Å². The molecule has 18 heavy (non-hydrogen) atoms. The van der Waals surface area contributed by atoms with E-state index in [1.54, 1.807) is 0 Å². The molecule has 0 spiro atoms. The van der Waals surface area contributed by atoms with Crippen molar-refractivity contribution in [3.8, 4) is 0 Å². The first-order valence-corrected chi connectivity index (χ1v) is 6.28. The normalized spacial score (nSPS) is 10.6. The Bertz CT molecular complexity index is 504. The Balaban J connectivity index is 2.07. The molecular weight excluding hydrogens is 224 g/mol. The van der Waals surface area contributed by atoms with Crippen molar-refractivity contribution >= 4 is 11.4 Å². The van der Waals surface area contributed by atoms with Crippen LogP contribution in [0.1, 0.15) is 12.7 Å². The molecule has 96 valence electrons. The van der Waals surface area contributed by atoms with Gasteiger partial charge in [-0.2, -0.15) is 0 Å². The summed E-state index contributed by atoms with van der Waals surface area (Å²) in [6, 6.07) is 8.00. The van der Waals surface area contributed by atoms with E-state index in [9.17, 15) is 0 Å². The molecule has 0 aliphatic rings. The van der Waals surface area contributed by atoms with E-state index >= 15 is 0 Å². The van der Waals surface area contributed by atoms with Crippen LogP contribution in [0.3, 0.4) is 0 Å². The Kier molecular flexibility index (Phi) is 3.87. The summed E-state index contributed by atoms with van der Waals surface area (Å²) in [7, 11) is 2.02. The van der Waals surface area contributed by atoms with Gasteiger partial charge in [0.15, 0.2) is 0 Å². The van der Waals surface area contributed by atoms with Crippen LogP contribution in [0.4, 0.5) is 11.4 Å². The Morgan fingerprint density at radius 3 is 2.72 bits per heavy atom. The van der Waals surface area contributed by atoms with E-state index in [1.807, 2.05) is 37.6 Å². The van der Waals surface area contributed by atoms with Crippen LogP contribution in [-0.4, -0.2) is 22.6 Å². The standard InChI is InChI=1S/C14H20N4/c1-3-18(13-7-5-4-6-12(13)15)10-8-14-16-9-11-17(14)2/h4-7,9,11H,3,8,10,15H2,1-2H3. The van der Waals surface area contributed by atoms with Gasteiger partial charge in [0.25, 0.3) is 0 Å². The second-order valence-electron chi connectivity index (χ2n) is 4.34. The molecule has 2 N–H and O–H groups in total. The van der Waals surface area contributed by atoms with E-state index in [0.717, 1.165) is 36.7 Å². The number of hydrogen-bond donors (Lipinski definition) is 1. The lowest BCUT2D eigenvalue weighted by Crippen LogP contribution is -2.26. The van der Waals surface area contributed by atoms with E-state index in [2.05, 4.69) is 27.4 Å². The van der Waals surface area contributed by atoms with Crippen molar-refractivity contribution in [3.63, 3.8) is 0 Å². The molecule has 0 unspecified atom stereocenters. The maximum Gasteiger partial charge on any atom is 0.110 e. The number of nitrogen functional groups attached to an aromatic ring is 1. The van der Waals surface area contributed by atoms with Gasteiger partial charge in [-0.1, -0.05) is 12.1 Å². The zero-order valence-corrected chi connectivity index (χ0v) is 11.0. The van der Waals surface area contributed by atoms with Gasteiger partial charge < -0.3 is 15.2 Å². The van der Waals surface area contributed by atoms with Gasteiger partial charge in [-0.3, -0.25) is 0 Å². The van der Waals surface area contributed by atoms with E-state index in [0.29, 0.717) is 0 Å². The predicted octanol–water partition coefficient (Wildman–Crippen LogP) is 2.07. The number of nitrogens with two attached hydrogens (primary N) is 1. The summed E-state index contributed by atoms with van der Waals surface area (Å²) in [5, 5.41) is 0. The number of nitrogens with zero attached hydrogens (tertiary/aromatic N) is 3. The first-order valence-electron chi connectivity index (χ1n) is 6.28. The molecule has 0 bridgehead atoms. The average molecular weight is 244 g/mol. The van der Waals surface area contributed by atoms with Crippen molar-refractivity contribution in [2.45, 2.75) is 13.3 Å². The van der Waals surface area contributed by atoms with Crippen LogP contribution >= 0.6 is 0 Å². The number of benzene rings is 1. The number of para-hydroxylation sites is 2. The minimum atomic E-state index is 0.833. The molecule has 0 atom stereocenters. The fraction of sp³-hybridized carbons (Fsp3) is 0.357. The third-order valence-electron chi connectivity index (χ3n) is 3.19. The molecule has 0 saturated carbocycles. The lowest BCUT2D eigenvalue weighted by molar-refractivity contribution is 0.734. The number of anilines is 2. The predicted molar refractivity (Wildman–Crippen MR) is 75.7 cm³/mol. The van der Waals surface area contributed by atoms with Gasteiger partial charge in [-0.15, -0.1) is 0 Å². The maximum atomic E-state index is 6.01. The third-order valence-corrected chi connectivity index (χ3v) is 3.19. The monoisotopic (exact) mass is 244 g/mol. The first-order chi connectivity index (χ1) is 8.72. The first kappa shape index (κ1) is 12.5. The molecule has 0 amide bonds. The summed E-state index contributed by atoms with van der Waals surface area (Å²) in [4.78, 5) is 6.62. The molecule has 4 heteroatoms. The van der Waals surface area contributed by atoms with Gasteiger partial charge in [-0.05, 0) is 19.1 Å². The SMILES string of the molecule is CCN(CCc1nccn1C)c1ccccc1N. The molecule has 0 saturated heterocycles. The summed E-state index contributed by atoms with van der Waals surface area (Å²) in [6.07, 6.45) is 4.73. The molecule has 0 radical (unpaired) electrons. The van der Waals surface area contributed by atoms with Crippen LogP contribution in [0.15, 0.2) is 36.7 Å². The quantitative estimate of drug-likeness (QED) is 0.819. The molecule has 2 rings (SSSR count). The molecule has 1 aromatic carbocycles. The Hall–Kier alpha value is -1.97. The van der Waals surface area contributed by atoms with Crippen molar-refractivity contribution in [2.24, 2.45) is 7.05 Å². The number of hydrogen-bond acceptors (Lipinski definition) is 3. The van der Waals surface area contributed by atoms with Gasteiger partial charge in [0.2, 0.25) is 0 Å². The summed E-state index contributed by atoms with van der Waals surface area (Å²) >= 11 is 0. The van der Waals surface area contributed by atoms with Gasteiger partial charge in [-0.25, -0.2) is 4.98 Å². The summed E-state index contributed by atoms with van der Waals surface area (Å²) in [5.74, 6) is 1.10. The zero-order chi connectivity index (χ0) is 13.0. The summed E-state index contributed by atoms with van der Waals surface area (Å²) < 4.78 is 2.06. The molecule has 0 aliphatic carbocycles. The largest absolute Gasteiger partial charge is 0.397 e. The van der Waals surface area contributed by atoms with Crippen LogP contribution in [-0.2, 0) is 13.5 Å². The summed E-state index contributed by atoms with van der Waals surface area (Å²) in [5.41, 5.74) is 7.95. The minimum absolute atomic E-state index is 0.833. The molecule has 2 aromatic rings. The van der Waals surface area contributed by atoms with Crippen molar-refractivity contribution in [2.75, 3.05) is 23.7 Å². The number of aryl methyl sites for hydroxylation is 1. The van der Waals surface area contributed by atoms with E-state index < -0.39 is 0 Å². The van der Waals surface area contributed by atoms with E-state index in [-0.39, 0.29) is 0 Å². The van der Waals surface area contributed by atoms with Gasteiger partial charge in [0, 0.05) is 39.0 Å². The fourth-order valence-corrected chi connectivity index (χ4v) is 2.10. The van der Waals surface area contributed by atoms with Crippen molar-refractivity contribution in [3.05, 3.63) is 42.5 Å². The van der Waals surface area contributed by atoms with Crippen LogP contribution in [0.2, 0.25) is 0 Å². The van der Waals surface area contributed by atoms with Crippen LogP contribution in [0, 0.1) is 0 Å².